The van der Waals surface area contributed by atoms with E-state index >= 15 is 0 Å². The van der Waals surface area contributed by atoms with Crippen molar-refractivity contribution in [3.05, 3.63) is 53.7 Å². The summed E-state index contributed by atoms with van der Waals surface area (Å²) >= 11 is 0. The Kier molecular flexibility index (Phi) is 6.87. The lowest BCUT2D eigenvalue weighted by molar-refractivity contribution is -0.142. The SMILES string of the molecule is Nc1cc(CN2CCC(C(=O)N3CCC4(CC3)CCN(c3ccc(C(F)(F)F)cc3)C4=O)CC2)ccn1. The van der Waals surface area contributed by atoms with E-state index in [4.69, 9.17) is 5.73 Å². The number of amides is 2. The van der Waals surface area contributed by atoms with Crippen molar-refractivity contribution in [2.24, 2.45) is 11.3 Å². The quantitative estimate of drug-likeness (QED) is 0.667. The van der Waals surface area contributed by atoms with Crippen molar-refractivity contribution in [1.82, 2.24) is 14.8 Å². The van der Waals surface area contributed by atoms with E-state index in [1.165, 1.54) is 12.1 Å². The third kappa shape index (κ3) is 5.30. The molecule has 0 bridgehead atoms. The monoisotopic (exact) mass is 515 g/mol. The molecule has 4 heterocycles. The lowest BCUT2D eigenvalue weighted by atomic mass is 9.76. The predicted octanol–water partition coefficient (Wildman–Crippen LogP) is 3.94. The van der Waals surface area contributed by atoms with Crippen molar-refractivity contribution in [1.29, 1.82) is 0 Å². The molecule has 1 aromatic heterocycles. The van der Waals surface area contributed by atoms with Crippen molar-refractivity contribution < 1.29 is 22.8 Å². The maximum atomic E-state index is 13.3. The van der Waals surface area contributed by atoms with Crippen molar-refractivity contribution >= 4 is 23.3 Å². The Hall–Kier alpha value is -3.14. The van der Waals surface area contributed by atoms with Crippen LogP contribution in [0.3, 0.4) is 0 Å². The van der Waals surface area contributed by atoms with E-state index in [2.05, 4.69) is 9.88 Å². The van der Waals surface area contributed by atoms with Crippen LogP contribution in [0.15, 0.2) is 42.6 Å². The second-order valence-electron chi connectivity index (χ2n) is 10.5. The summed E-state index contributed by atoms with van der Waals surface area (Å²) in [6, 6.07) is 8.62. The lowest BCUT2D eigenvalue weighted by Crippen LogP contribution is -2.49. The molecule has 2 aromatic rings. The van der Waals surface area contributed by atoms with E-state index in [1.54, 1.807) is 11.1 Å². The molecule has 5 rings (SSSR count). The first-order valence-corrected chi connectivity index (χ1v) is 12.9. The molecule has 198 valence electrons. The molecule has 0 unspecified atom stereocenters. The van der Waals surface area contributed by atoms with Crippen LogP contribution < -0.4 is 10.6 Å². The molecule has 7 nitrogen and oxygen atoms in total. The Bertz CT molecular complexity index is 1140. The number of hydrogen-bond acceptors (Lipinski definition) is 5. The molecule has 0 saturated carbocycles. The average molecular weight is 516 g/mol. The number of carbonyl (C=O) groups is 2. The lowest BCUT2D eigenvalue weighted by Gasteiger charge is -2.40. The largest absolute Gasteiger partial charge is 0.416 e. The van der Waals surface area contributed by atoms with Gasteiger partial charge < -0.3 is 15.5 Å². The number of nitrogen functional groups attached to an aromatic ring is 1. The Morgan fingerprint density at radius 3 is 2.27 bits per heavy atom. The Balaban J connectivity index is 1.12. The van der Waals surface area contributed by atoms with Crippen LogP contribution in [0.25, 0.3) is 0 Å². The summed E-state index contributed by atoms with van der Waals surface area (Å²) in [6.45, 7) is 4.05. The molecular weight excluding hydrogens is 483 g/mol. The summed E-state index contributed by atoms with van der Waals surface area (Å²) in [5, 5.41) is 0. The number of pyridine rings is 1. The van der Waals surface area contributed by atoms with Gasteiger partial charge in [-0.15, -0.1) is 0 Å². The Morgan fingerprint density at radius 1 is 1.00 bits per heavy atom. The third-order valence-electron chi connectivity index (χ3n) is 8.24. The first kappa shape index (κ1) is 25.5. The second kappa shape index (κ2) is 9.96. The molecule has 3 aliphatic heterocycles. The van der Waals surface area contributed by atoms with Crippen LogP contribution >= 0.6 is 0 Å². The minimum atomic E-state index is -4.40. The van der Waals surface area contributed by atoms with Gasteiger partial charge in [-0.25, -0.2) is 4.98 Å². The fourth-order valence-electron chi connectivity index (χ4n) is 5.96. The summed E-state index contributed by atoms with van der Waals surface area (Å²) in [6.07, 6.45) is 0.769. The van der Waals surface area contributed by atoms with Gasteiger partial charge in [0.05, 0.1) is 11.0 Å². The van der Waals surface area contributed by atoms with Crippen LogP contribution in [0, 0.1) is 11.3 Å². The van der Waals surface area contributed by atoms with Gasteiger partial charge in [0, 0.05) is 44.0 Å². The minimum absolute atomic E-state index is 0.00395. The van der Waals surface area contributed by atoms with Gasteiger partial charge in [-0.1, -0.05) is 0 Å². The molecule has 1 aromatic carbocycles. The maximum Gasteiger partial charge on any atom is 0.416 e. The third-order valence-corrected chi connectivity index (χ3v) is 8.24. The van der Waals surface area contributed by atoms with E-state index in [9.17, 15) is 22.8 Å². The number of piperidine rings is 2. The summed E-state index contributed by atoms with van der Waals surface area (Å²) in [5.74, 6) is 0.640. The summed E-state index contributed by atoms with van der Waals surface area (Å²) < 4.78 is 38.7. The van der Waals surface area contributed by atoms with Gasteiger partial charge in [0.2, 0.25) is 11.8 Å². The number of carbonyl (C=O) groups excluding carboxylic acids is 2. The van der Waals surface area contributed by atoms with Crippen LogP contribution in [0.5, 0.6) is 0 Å². The Morgan fingerprint density at radius 2 is 1.65 bits per heavy atom. The zero-order chi connectivity index (χ0) is 26.2. The van der Waals surface area contributed by atoms with E-state index in [-0.39, 0.29) is 17.7 Å². The average Bonchev–Trinajstić information content (AvgIpc) is 3.19. The van der Waals surface area contributed by atoms with Gasteiger partial charge in [0.1, 0.15) is 5.82 Å². The number of hydrogen-bond donors (Lipinski definition) is 1. The normalized spacial score (nSPS) is 21.1. The van der Waals surface area contributed by atoms with Gasteiger partial charge >= 0.3 is 6.18 Å². The fraction of sp³-hybridized carbons (Fsp3) is 0.519. The van der Waals surface area contributed by atoms with Crippen LogP contribution in [-0.2, 0) is 22.3 Å². The van der Waals surface area contributed by atoms with Gasteiger partial charge in [-0.2, -0.15) is 13.2 Å². The molecule has 10 heteroatoms. The number of halogens is 3. The molecule has 37 heavy (non-hydrogen) atoms. The predicted molar refractivity (Wildman–Crippen MR) is 133 cm³/mol. The molecule has 0 aliphatic carbocycles. The number of likely N-dealkylation sites (tertiary alicyclic amines) is 2. The fourth-order valence-corrected chi connectivity index (χ4v) is 5.96. The summed E-state index contributed by atoms with van der Waals surface area (Å²) in [7, 11) is 0. The second-order valence-corrected chi connectivity index (χ2v) is 10.5. The smallest absolute Gasteiger partial charge is 0.384 e. The molecule has 1 spiro atoms. The first-order chi connectivity index (χ1) is 17.6. The number of aromatic nitrogens is 1. The molecule has 3 aliphatic rings. The zero-order valence-corrected chi connectivity index (χ0v) is 20.7. The highest BCUT2D eigenvalue weighted by Gasteiger charge is 2.49. The number of alkyl halides is 3. The molecule has 2 amide bonds. The first-order valence-electron chi connectivity index (χ1n) is 12.9. The van der Waals surface area contributed by atoms with Gasteiger partial charge in [-0.05, 0) is 87.2 Å². The molecule has 0 radical (unpaired) electrons. The number of benzene rings is 1. The summed E-state index contributed by atoms with van der Waals surface area (Å²) in [4.78, 5) is 36.4. The molecule has 3 saturated heterocycles. The highest BCUT2D eigenvalue weighted by molar-refractivity contribution is 6.00. The van der Waals surface area contributed by atoms with E-state index in [0.29, 0.717) is 50.4 Å². The van der Waals surface area contributed by atoms with Crippen LogP contribution in [0.2, 0.25) is 0 Å². The van der Waals surface area contributed by atoms with Crippen molar-refractivity contribution in [3.8, 4) is 0 Å². The van der Waals surface area contributed by atoms with Crippen molar-refractivity contribution in [2.45, 2.75) is 44.8 Å². The topological polar surface area (TPSA) is 82.8 Å². The highest BCUT2D eigenvalue weighted by atomic mass is 19.4. The maximum absolute atomic E-state index is 13.3. The van der Waals surface area contributed by atoms with Crippen LogP contribution in [0.1, 0.15) is 43.2 Å². The Labute approximate surface area is 214 Å². The van der Waals surface area contributed by atoms with E-state index < -0.39 is 17.2 Å². The molecular formula is C27H32F3N5O2. The highest BCUT2D eigenvalue weighted by Crippen LogP contribution is 2.44. The van der Waals surface area contributed by atoms with Gasteiger partial charge in [-0.3, -0.25) is 14.5 Å². The van der Waals surface area contributed by atoms with E-state index in [0.717, 1.165) is 50.2 Å². The molecule has 3 fully saturated rings. The number of anilines is 2. The molecule has 0 atom stereocenters. The van der Waals surface area contributed by atoms with Crippen molar-refractivity contribution in [3.63, 3.8) is 0 Å². The number of nitrogens with zero attached hydrogens (tertiary/aromatic N) is 4. The van der Waals surface area contributed by atoms with Crippen molar-refractivity contribution in [2.75, 3.05) is 43.4 Å². The van der Waals surface area contributed by atoms with E-state index in [1.807, 2.05) is 17.0 Å². The van der Waals surface area contributed by atoms with Gasteiger partial charge in [0.15, 0.2) is 0 Å². The number of rotatable bonds is 4. The summed E-state index contributed by atoms with van der Waals surface area (Å²) in [5.41, 5.74) is 6.13. The zero-order valence-electron chi connectivity index (χ0n) is 20.7. The van der Waals surface area contributed by atoms with Crippen LogP contribution in [-0.4, -0.2) is 59.3 Å². The number of nitrogens with two attached hydrogens (primary N) is 1. The molecule has 2 N–H and O–H groups in total. The minimum Gasteiger partial charge on any atom is -0.384 e. The van der Waals surface area contributed by atoms with Crippen LogP contribution in [0.4, 0.5) is 24.7 Å². The standard InChI is InChI=1S/C27H32F3N5O2/c28-27(29,30)21-1-3-22(4-2-21)35-16-10-26(25(35)37)8-14-34(15-9-26)24(36)20-6-12-33(13-7-20)18-19-5-11-32-23(31)17-19/h1-5,11,17,20H,6-10,12-16,18H2,(H2,31,32). The van der Waals surface area contributed by atoms with Gasteiger partial charge in [0.25, 0.3) is 0 Å².